The van der Waals surface area contributed by atoms with Crippen molar-refractivity contribution in [1.29, 1.82) is 0 Å². The molecule has 5 atom stereocenters. The number of ether oxygens (including phenoxy) is 1. The van der Waals surface area contributed by atoms with Crippen molar-refractivity contribution in [1.82, 2.24) is 15.5 Å². The van der Waals surface area contributed by atoms with Crippen LogP contribution in [0.25, 0.3) is 0 Å². The summed E-state index contributed by atoms with van der Waals surface area (Å²) in [7, 11) is 2.05. The number of fused-ring (bicyclic) bond motifs is 2. The topological polar surface area (TPSA) is 48.9 Å². The SMILES string of the molecule is CCNC(=NCC1CCCN(C)C1c1ccc(C(F)(F)F)cc1)NC1CC2CCC1O2. The van der Waals surface area contributed by atoms with Gasteiger partial charge in [-0.15, -0.1) is 0 Å². The zero-order valence-corrected chi connectivity index (χ0v) is 18.3. The third-order valence-electron chi connectivity index (χ3n) is 6.84. The molecule has 0 aromatic heterocycles. The third-order valence-corrected chi connectivity index (χ3v) is 6.84. The first-order valence-electron chi connectivity index (χ1n) is 11.4. The molecule has 0 spiro atoms. The Hall–Kier alpha value is -1.80. The Balaban J connectivity index is 1.46. The van der Waals surface area contributed by atoms with Crippen molar-refractivity contribution in [3.8, 4) is 0 Å². The van der Waals surface area contributed by atoms with E-state index in [1.807, 2.05) is 14.0 Å². The van der Waals surface area contributed by atoms with Gasteiger partial charge in [-0.2, -0.15) is 13.2 Å². The second-order valence-corrected chi connectivity index (χ2v) is 9.03. The number of piperidine rings is 1. The summed E-state index contributed by atoms with van der Waals surface area (Å²) >= 11 is 0. The van der Waals surface area contributed by atoms with Crippen molar-refractivity contribution >= 4 is 5.96 Å². The second-order valence-electron chi connectivity index (χ2n) is 9.03. The summed E-state index contributed by atoms with van der Waals surface area (Å²) in [4.78, 5) is 7.13. The van der Waals surface area contributed by atoms with Crippen LogP contribution in [0.4, 0.5) is 13.2 Å². The molecule has 0 saturated carbocycles. The number of hydrogen-bond acceptors (Lipinski definition) is 3. The fourth-order valence-electron chi connectivity index (χ4n) is 5.34. The molecule has 3 aliphatic rings. The third kappa shape index (κ3) is 5.17. The number of rotatable bonds is 5. The molecule has 1 aromatic carbocycles. The summed E-state index contributed by atoms with van der Waals surface area (Å²) in [6.07, 6.45) is 1.70. The second kappa shape index (κ2) is 9.36. The number of alkyl halides is 3. The Bertz CT molecular complexity index is 767. The van der Waals surface area contributed by atoms with Crippen LogP contribution in [-0.4, -0.2) is 55.8 Å². The summed E-state index contributed by atoms with van der Waals surface area (Å²) in [5.74, 6) is 1.06. The van der Waals surface area contributed by atoms with Crippen LogP contribution >= 0.6 is 0 Å². The van der Waals surface area contributed by atoms with Gasteiger partial charge in [0.25, 0.3) is 0 Å². The van der Waals surface area contributed by atoms with Gasteiger partial charge in [0.1, 0.15) is 0 Å². The number of nitrogens with zero attached hydrogens (tertiary/aromatic N) is 2. The van der Waals surface area contributed by atoms with Gasteiger partial charge in [0.15, 0.2) is 5.96 Å². The number of likely N-dealkylation sites (tertiary alicyclic amines) is 1. The van der Waals surface area contributed by atoms with Gasteiger partial charge >= 0.3 is 6.18 Å². The monoisotopic (exact) mass is 438 g/mol. The van der Waals surface area contributed by atoms with Gasteiger partial charge in [-0.05, 0) is 76.2 Å². The molecule has 2 bridgehead atoms. The highest BCUT2D eigenvalue weighted by atomic mass is 19.4. The molecule has 3 aliphatic heterocycles. The number of nitrogens with one attached hydrogen (secondary N) is 2. The maximum absolute atomic E-state index is 13.0. The molecule has 3 fully saturated rings. The van der Waals surface area contributed by atoms with E-state index < -0.39 is 11.7 Å². The molecule has 172 valence electrons. The lowest BCUT2D eigenvalue weighted by atomic mass is 9.84. The summed E-state index contributed by atoms with van der Waals surface area (Å²) in [6.45, 7) is 4.40. The molecule has 5 unspecified atom stereocenters. The van der Waals surface area contributed by atoms with E-state index in [0.29, 0.717) is 18.7 Å². The largest absolute Gasteiger partial charge is 0.416 e. The predicted octanol–water partition coefficient (Wildman–Crippen LogP) is 3.96. The van der Waals surface area contributed by atoms with E-state index >= 15 is 0 Å². The first kappa shape index (κ1) is 22.4. The van der Waals surface area contributed by atoms with Gasteiger partial charge < -0.3 is 15.4 Å². The fraction of sp³-hybridized carbons (Fsp3) is 0.696. The van der Waals surface area contributed by atoms with E-state index in [0.717, 1.165) is 56.7 Å². The molecule has 8 heteroatoms. The number of aliphatic imine (C=N–C) groups is 1. The lowest BCUT2D eigenvalue weighted by molar-refractivity contribution is -0.137. The lowest BCUT2D eigenvalue weighted by Crippen LogP contribution is -2.47. The Labute approximate surface area is 182 Å². The molecule has 3 saturated heterocycles. The molecular formula is C23H33F3N4O. The highest BCUT2D eigenvalue weighted by Gasteiger charge is 2.41. The molecule has 31 heavy (non-hydrogen) atoms. The lowest BCUT2D eigenvalue weighted by Gasteiger charge is -2.39. The Morgan fingerprint density at radius 2 is 1.97 bits per heavy atom. The van der Waals surface area contributed by atoms with Gasteiger partial charge in [-0.3, -0.25) is 9.89 Å². The van der Waals surface area contributed by atoms with Gasteiger partial charge in [0.2, 0.25) is 0 Å². The minimum absolute atomic E-state index is 0.0634. The van der Waals surface area contributed by atoms with Crippen molar-refractivity contribution in [2.75, 3.05) is 26.7 Å². The number of benzene rings is 1. The summed E-state index contributed by atoms with van der Waals surface area (Å²) in [6, 6.07) is 6.01. The molecule has 2 N–H and O–H groups in total. The van der Waals surface area contributed by atoms with Crippen LogP contribution in [0.1, 0.15) is 56.2 Å². The minimum atomic E-state index is -4.31. The van der Waals surface area contributed by atoms with Crippen molar-refractivity contribution in [2.24, 2.45) is 10.9 Å². The zero-order valence-electron chi connectivity index (χ0n) is 18.3. The minimum Gasteiger partial charge on any atom is -0.373 e. The predicted molar refractivity (Wildman–Crippen MR) is 115 cm³/mol. The summed E-state index contributed by atoms with van der Waals surface area (Å²) < 4.78 is 44.9. The van der Waals surface area contributed by atoms with Crippen LogP contribution in [0.3, 0.4) is 0 Å². The molecule has 5 nitrogen and oxygen atoms in total. The Morgan fingerprint density at radius 3 is 2.58 bits per heavy atom. The van der Waals surface area contributed by atoms with Crippen LogP contribution < -0.4 is 10.6 Å². The van der Waals surface area contributed by atoms with Crippen LogP contribution in [0.2, 0.25) is 0 Å². The number of hydrogen-bond donors (Lipinski definition) is 2. The van der Waals surface area contributed by atoms with Crippen molar-refractivity contribution < 1.29 is 17.9 Å². The van der Waals surface area contributed by atoms with Crippen LogP contribution in [-0.2, 0) is 10.9 Å². The van der Waals surface area contributed by atoms with Gasteiger partial charge in [-0.25, -0.2) is 0 Å². The van der Waals surface area contributed by atoms with Crippen LogP contribution in [0.15, 0.2) is 29.3 Å². The molecule has 0 radical (unpaired) electrons. The summed E-state index contributed by atoms with van der Waals surface area (Å²) in [5, 5.41) is 6.90. The van der Waals surface area contributed by atoms with Gasteiger partial charge in [-0.1, -0.05) is 12.1 Å². The summed E-state index contributed by atoms with van der Waals surface area (Å²) in [5.41, 5.74) is 0.325. The maximum Gasteiger partial charge on any atom is 0.416 e. The molecule has 0 amide bonds. The molecular weight excluding hydrogens is 405 g/mol. The average molecular weight is 439 g/mol. The van der Waals surface area contributed by atoms with Crippen LogP contribution in [0.5, 0.6) is 0 Å². The van der Waals surface area contributed by atoms with Crippen molar-refractivity contribution in [2.45, 2.75) is 69.5 Å². The van der Waals surface area contributed by atoms with E-state index in [1.54, 1.807) is 12.1 Å². The first-order chi connectivity index (χ1) is 14.8. The van der Waals surface area contributed by atoms with Crippen molar-refractivity contribution in [3.63, 3.8) is 0 Å². The molecule has 4 rings (SSSR count). The molecule has 3 heterocycles. The van der Waals surface area contributed by atoms with E-state index in [4.69, 9.17) is 9.73 Å². The Kier molecular flexibility index (Phi) is 6.77. The molecule has 0 aliphatic carbocycles. The first-order valence-corrected chi connectivity index (χ1v) is 11.4. The zero-order chi connectivity index (χ0) is 22.0. The van der Waals surface area contributed by atoms with Crippen molar-refractivity contribution in [3.05, 3.63) is 35.4 Å². The van der Waals surface area contributed by atoms with E-state index in [2.05, 4.69) is 15.5 Å². The van der Waals surface area contributed by atoms with E-state index in [1.165, 1.54) is 12.1 Å². The van der Waals surface area contributed by atoms with Gasteiger partial charge in [0, 0.05) is 19.1 Å². The standard InChI is InChI=1S/C23H33F3N4O/c1-3-27-22(29-19-13-18-10-11-20(19)31-18)28-14-16-5-4-12-30(2)21(16)15-6-8-17(9-7-15)23(24,25)26/h6-9,16,18-21H,3-5,10-14H2,1-2H3,(H2,27,28,29). The quantitative estimate of drug-likeness (QED) is 0.540. The normalized spacial score (nSPS) is 31.8. The smallest absolute Gasteiger partial charge is 0.373 e. The fourth-order valence-corrected chi connectivity index (χ4v) is 5.34. The van der Waals surface area contributed by atoms with E-state index in [9.17, 15) is 13.2 Å². The Morgan fingerprint density at radius 1 is 1.19 bits per heavy atom. The number of halogens is 3. The van der Waals surface area contributed by atoms with Crippen LogP contribution in [0, 0.1) is 5.92 Å². The molecule has 1 aromatic rings. The highest BCUT2D eigenvalue weighted by Crippen LogP contribution is 2.37. The average Bonchev–Trinajstić information content (AvgIpc) is 3.35. The highest BCUT2D eigenvalue weighted by molar-refractivity contribution is 5.80. The van der Waals surface area contributed by atoms with E-state index in [-0.39, 0.29) is 18.1 Å². The number of guanidine groups is 1. The maximum atomic E-state index is 13.0. The van der Waals surface area contributed by atoms with Gasteiger partial charge in [0.05, 0.1) is 23.8 Å².